The zero-order chi connectivity index (χ0) is 7.84. The van der Waals surface area contributed by atoms with E-state index in [9.17, 15) is 4.79 Å². The van der Waals surface area contributed by atoms with Gasteiger partial charge in [0.25, 0.3) is 0 Å². The van der Waals surface area contributed by atoms with Crippen LogP contribution in [0.4, 0.5) is 0 Å². The first-order chi connectivity index (χ1) is 5.27. The van der Waals surface area contributed by atoms with Gasteiger partial charge in [-0.1, -0.05) is 6.08 Å². The maximum Gasteiger partial charge on any atom is 0.327 e. The van der Waals surface area contributed by atoms with Crippen molar-refractivity contribution in [1.82, 2.24) is 0 Å². The fourth-order valence-electron chi connectivity index (χ4n) is 1.73. The fraction of sp³-hybridized carbons (Fsp3) is 0.667. The van der Waals surface area contributed by atoms with Crippen LogP contribution in [0.5, 0.6) is 0 Å². The summed E-state index contributed by atoms with van der Waals surface area (Å²) < 4.78 is 0. The summed E-state index contributed by atoms with van der Waals surface area (Å²) in [6.45, 7) is 0. The molecular formula is C9H12O2. The molecule has 0 spiro atoms. The topological polar surface area (TPSA) is 37.3 Å². The lowest BCUT2D eigenvalue weighted by Crippen LogP contribution is -1.87. The Bertz CT molecular complexity index is 204. The highest BCUT2D eigenvalue weighted by molar-refractivity contribution is 5.79. The van der Waals surface area contributed by atoms with E-state index in [0.29, 0.717) is 5.92 Å². The van der Waals surface area contributed by atoms with Crippen LogP contribution in [-0.4, -0.2) is 11.1 Å². The molecule has 0 aromatic rings. The standard InChI is InChI=1S/C9H12O2/c10-9(11)4-3-7-5-8(7)6-1-2-6/h3-4,6-8H,1-2,5H2,(H,10,11)/b4-3+. The van der Waals surface area contributed by atoms with Gasteiger partial charge in [0.2, 0.25) is 0 Å². The number of hydrogen-bond acceptors (Lipinski definition) is 1. The van der Waals surface area contributed by atoms with Gasteiger partial charge in [-0.2, -0.15) is 0 Å². The molecule has 2 aliphatic rings. The molecule has 2 saturated carbocycles. The van der Waals surface area contributed by atoms with Crippen LogP contribution < -0.4 is 0 Å². The van der Waals surface area contributed by atoms with E-state index in [4.69, 9.17) is 5.11 Å². The van der Waals surface area contributed by atoms with Gasteiger partial charge in [-0.15, -0.1) is 0 Å². The molecule has 0 aromatic carbocycles. The van der Waals surface area contributed by atoms with Crippen LogP contribution >= 0.6 is 0 Å². The molecule has 0 bridgehead atoms. The molecule has 2 fully saturated rings. The van der Waals surface area contributed by atoms with Crippen LogP contribution in [0.3, 0.4) is 0 Å². The lowest BCUT2D eigenvalue weighted by atomic mass is 10.2. The monoisotopic (exact) mass is 152 g/mol. The molecule has 60 valence electrons. The molecule has 2 nitrogen and oxygen atoms in total. The van der Waals surface area contributed by atoms with Gasteiger partial charge in [-0.25, -0.2) is 4.79 Å². The van der Waals surface area contributed by atoms with Gasteiger partial charge >= 0.3 is 5.97 Å². The second-order valence-electron chi connectivity index (χ2n) is 3.60. The molecule has 2 heteroatoms. The largest absolute Gasteiger partial charge is 0.478 e. The van der Waals surface area contributed by atoms with E-state index in [0.717, 1.165) is 11.8 Å². The summed E-state index contributed by atoms with van der Waals surface area (Å²) >= 11 is 0. The Morgan fingerprint density at radius 3 is 2.73 bits per heavy atom. The molecule has 0 radical (unpaired) electrons. The van der Waals surface area contributed by atoms with Gasteiger partial charge < -0.3 is 5.11 Å². The summed E-state index contributed by atoms with van der Waals surface area (Å²) in [4.78, 5) is 10.1. The van der Waals surface area contributed by atoms with Crippen molar-refractivity contribution in [3.05, 3.63) is 12.2 Å². The highest BCUT2D eigenvalue weighted by Crippen LogP contribution is 2.54. The van der Waals surface area contributed by atoms with Crippen molar-refractivity contribution in [2.24, 2.45) is 17.8 Å². The van der Waals surface area contributed by atoms with E-state index in [2.05, 4.69) is 0 Å². The SMILES string of the molecule is O=C(O)/C=C/C1CC1C1CC1. The minimum Gasteiger partial charge on any atom is -0.478 e. The molecule has 0 heterocycles. The van der Waals surface area contributed by atoms with Crippen LogP contribution in [0.25, 0.3) is 0 Å². The lowest BCUT2D eigenvalue weighted by Gasteiger charge is -1.86. The minimum absolute atomic E-state index is 0.596. The maximum absolute atomic E-state index is 10.1. The number of aliphatic carboxylic acids is 1. The Morgan fingerprint density at radius 2 is 2.18 bits per heavy atom. The number of hydrogen-bond donors (Lipinski definition) is 1. The number of allylic oxidation sites excluding steroid dienone is 1. The molecule has 0 amide bonds. The first-order valence-electron chi connectivity index (χ1n) is 4.18. The summed E-state index contributed by atoms with van der Waals surface area (Å²) in [6.07, 6.45) is 7.12. The van der Waals surface area contributed by atoms with E-state index >= 15 is 0 Å². The average molecular weight is 152 g/mol. The summed E-state index contributed by atoms with van der Waals surface area (Å²) in [7, 11) is 0. The van der Waals surface area contributed by atoms with Crippen molar-refractivity contribution in [3.63, 3.8) is 0 Å². The molecule has 0 saturated heterocycles. The van der Waals surface area contributed by atoms with Crippen molar-refractivity contribution in [2.45, 2.75) is 19.3 Å². The Labute approximate surface area is 65.9 Å². The predicted octanol–water partition coefficient (Wildman–Crippen LogP) is 1.67. The molecule has 0 aliphatic heterocycles. The van der Waals surface area contributed by atoms with Crippen LogP contribution in [0.1, 0.15) is 19.3 Å². The third kappa shape index (κ3) is 1.62. The smallest absolute Gasteiger partial charge is 0.327 e. The Kier molecular flexibility index (Phi) is 1.48. The third-order valence-corrected chi connectivity index (χ3v) is 2.60. The normalized spacial score (nSPS) is 36.0. The van der Waals surface area contributed by atoms with Crippen LogP contribution in [0.15, 0.2) is 12.2 Å². The van der Waals surface area contributed by atoms with Crippen molar-refractivity contribution in [2.75, 3.05) is 0 Å². The second kappa shape index (κ2) is 2.36. The van der Waals surface area contributed by atoms with Crippen LogP contribution in [0, 0.1) is 17.8 Å². The Morgan fingerprint density at radius 1 is 1.45 bits per heavy atom. The molecule has 2 aliphatic carbocycles. The summed E-state index contributed by atoms with van der Waals surface area (Å²) in [5.41, 5.74) is 0. The second-order valence-corrected chi connectivity index (χ2v) is 3.60. The Hall–Kier alpha value is -0.790. The Balaban J connectivity index is 1.77. The van der Waals surface area contributed by atoms with E-state index < -0.39 is 5.97 Å². The van der Waals surface area contributed by atoms with Gasteiger partial charge in [0.15, 0.2) is 0 Å². The summed E-state index contributed by atoms with van der Waals surface area (Å²) in [5.74, 6) is 1.56. The fourth-order valence-corrected chi connectivity index (χ4v) is 1.73. The third-order valence-electron chi connectivity index (χ3n) is 2.60. The zero-order valence-corrected chi connectivity index (χ0v) is 6.36. The van der Waals surface area contributed by atoms with Crippen molar-refractivity contribution >= 4 is 5.97 Å². The van der Waals surface area contributed by atoms with Crippen LogP contribution in [-0.2, 0) is 4.79 Å². The first kappa shape index (κ1) is 6.89. The summed E-state index contributed by atoms with van der Waals surface area (Å²) in [6, 6.07) is 0. The van der Waals surface area contributed by atoms with Crippen molar-refractivity contribution in [3.8, 4) is 0 Å². The minimum atomic E-state index is -0.813. The highest BCUT2D eigenvalue weighted by atomic mass is 16.4. The lowest BCUT2D eigenvalue weighted by molar-refractivity contribution is -0.131. The molecule has 2 rings (SSSR count). The van der Waals surface area contributed by atoms with Crippen molar-refractivity contribution < 1.29 is 9.90 Å². The van der Waals surface area contributed by atoms with E-state index in [1.165, 1.54) is 25.3 Å². The number of carboxylic acid groups (broad SMARTS) is 1. The average Bonchev–Trinajstić information content (AvgIpc) is 2.79. The molecule has 2 unspecified atom stereocenters. The van der Waals surface area contributed by atoms with Crippen molar-refractivity contribution in [1.29, 1.82) is 0 Å². The predicted molar refractivity (Wildman–Crippen MR) is 41.1 cm³/mol. The maximum atomic E-state index is 10.1. The van der Waals surface area contributed by atoms with Gasteiger partial charge in [0.05, 0.1) is 0 Å². The number of rotatable bonds is 3. The number of carbonyl (C=O) groups is 1. The molecule has 11 heavy (non-hydrogen) atoms. The van der Waals surface area contributed by atoms with Gasteiger partial charge in [-0.05, 0) is 37.0 Å². The molecule has 1 N–H and O–H groups in total. The summed E-state index contributed by atoms with van der Waals surface area (Å²) in [5, 5.41) is 8.34. The van der Waals surface area contributed by atoms with E-state index in [1.807, 2.05) is 6.08 Å². The van der Waals surface area contributed by atoms with Gasteiger partial charge in [0, 0.05) is 6.08 Å². The van der Waals surface area contributed by atoms with Crippen LogP contribution in [0.2, 0.25) is 0 Å². The molecular weight excluding hydrogens is 140 g/mol. The number of carboxylic acids is 1. The van der Waals surface area contributed by atoms with E-state index in [1.54, 1.807) is 0 Å². The first-order valence-corrected chi connectivity index (χ1v) is 4.18. The highest BCUT2D eigenvalue weighted by Gasteiger charge is 2.45. The molecule has 2 atom stereocenters. The molecule has 0 aromatic heterocycles. The van der Waals surface area contributed by atoms with Gasteiger partial charge in [-0.3, -0.25) is 0 Å². The van der Waals surface area contributed by atoms with Gasteiger partial charge in [0.1, 0.15) is 0 Å². The zero-order valence-electron chi connectivity index (χ0n) is 6.36. The van der Waals surface area contributed by atoms with E-state index in [-0.39, 0.29) is 0 Å². The quantitative estimate of drug-likeness (QED) is 0.624.